The molecule has 0 unspecified atom stereocenters. The Morgan fingerprint density at radius 2 is 1.64 bits per heavy atom. The van der Waals surface area contributed by atoms with Crippen molar-refractivity contribution in [3.05, 3.63) is 65.2 Å². The van der Waals surface area contributed by atoms with Crippen molar-refractivity contribution in [3.63, 3.8) is 0 Å². The average Bonchev–Trinajstić information content (AvgIpc) is 2.84. The van der Waals surface area contributed by atoms with Gasteiger partial charge in [-0.05, 0) is 55.6 Å². The lowest BCUT2D eigenvalue weighted by molar-refractivity contribution is 0.278. The maximum Gasteiger partial charge on any atom is 0.243 e. The first-order valence-electron chi connectivity index (χ1n) is 8.80. The van der Waals surface area contributed by atoms with Crippen LogP contribution in [0.4, 0.5) is 0 Å². The van der Waals surface area contributed by atoms with Crippen LogP contribution < -0.4 is 0 Å². The van der Waals surface area contributed by atoms with E-state index in [2.05, 4.69) is 17.0 Å². The lowest BCUT2D eigenvalue weighted by Gasteiger charge is -2.22. The molecular formula is C20H26N2O2S. The van der Waals surface area contributed by atoms with Crippen LogP contribution in [0.25, 0.3) is 0 Å². The Labute approximate surface area is 151 Å². The summed E-state index contributed by atoms with van der Waals surface area (Å²) in [4.78, 5) is 2.75. The number of rotatable bonds is 4. The van der Waals surface area contributed by atoms with Gasteiger partial charge in [-0.25, -0.2) is 8.42 Å². The Morgan fingerprint density at radius 1 is 0.880 bits per heavy atom. The molecule has 1 heterocycles. The monoisotopic (exact) mass is 358 g/mol. The topological polar surface area (TPSA) is 40.6 Å². The minimum atomic E-state index is -3.41. The van der Waals surface area contributed by atoms with Gasteiger partial charge in [0.2, 0.25) is 10.0 Å². The van der Waals surface area contributed by atoms with E-state index in [0.29, 0.717) is 18.0 Å². The van der Waals surface area contributed by atoms with Crippen LogP contribution in [-0.4, -0.2) is 43.8 Å². The Balaban J connectivity index is 1.70. The third-order valence-electron chi connectivity index (χ3n) is 4.91. The minimum Gasteiger partial charge on any atom is -0.298 e. The number of hydrogen-bond acceptors (Lipinski definition) is 3. The molecule has 1 saturated heterocycles. The predicted molar refractivity (Wildman–Crippen MR) is 101 cm³/mol. The molecule has 25 heavy (non-hydrogen) atoms. The second-order valence-corrected chi connectivity index (χ2v) is 8.70. The van der Waals surface area contributed by atoms with Crippen LogP contribution in [0.1, 0.15) is 23.1 Å². The van der Waals surface area contributed by atoms with E-state index in [-0.39, 0.29) is 0 Å². The number of benzene rings is 2. The van der Waals surface area contributed by atoms with Crippen LogP contribution in [0.15, 0.2) is 53.4 Å². The fraction of sp³-hybridized carbons (Fsp3) is 0.400. The van der Waals surface area contributed by atoms with Crippen molar-refractivity contribution in [2.24, 2.45) is 0 Å². The Morgan fingerprint density at radius 3 is 2.36 bits per heavy atom. The fourth-order valence-electron chi connectivity index (χ4n) is 3.21. The highest BCUT2D eigenvalue weighted by Gasteiger charge is 2.27. The molecule has 1 aliphatic rings. The first-order valence-corrected chi connectivity index (χ1v) is 10.2. The molecule has 1 fully saturated rings. The fourth-order valence-corrected chi connectivity index (χ4v) is 4.77. The molecule has 4 nitrogen and oxygen atoms in total. The highest BCUT2D eigenvalue weighted by atomic mass is 32.2. The third kappa shape index (κ3) is 4.29. The van der Waals surface area contributed by atoms with E-state index in [4.69, 9.17) is 0 Å². The van der Waals surface area contributed by atoms with Crippen LogP contribution in [0.3, 0.4) is 0 Å². The van der Waals surface area contributed by atoms with Gasteiger partial charge >= 0.3 is 0 Å². The van der Waals surface area contributed by atoms with Crippen molar-refractivity contribution in [2.45, 2.75) is 31.7 Å². The van der Waals surface area contributed by atoms with Crippen molar-refractivity contribution in [2.75, 3.05) is 26.2 Å². The summed E-state index contributed by atoms with van der Waals surface area (Å²) in [7, 11) is -3.41. The van der Waals surface area contributed by atoms with Gasteiger partial charge in [0.15, 0.2) is 0 Å². The molecule has 0 spiro atoms. The summed E-state index contributed by atoms with van der Waals surface area (Å²) in [5.74, 6) is 0. The molecule has 0 aromatic heterocycles. The van der Waals surface area contributed by atoms with Crippen LogP contribution >= 0.6 is 0 Å². The zero-order valence-electron chi connectivity index (χ0n) is 15.0. The second-order valence-electron chi connectivity index (χ2n) is 6.77. The summed E-state index contributed by atoms with van der Waals surface area (Å²) in [6, 6.07) is 15.8. The largest absolute Gasteiger partial charge is 0.298 e. The highest BCUT2D eigenvalue weighted by Crippen LogP contribution is 2.21. The van der Waals surface area contributed by atoms with Crippen molar-refractivity contribution in [1.82, 2.24) is 9.21 Å². The molecule has 2 aromatic rings. The molecule has 134 valence electrons. The standard InChI is InChI=1S/C20H26N2O2S/c1-17-9-10-20(15-18(17)2)25(23,24)22-12-6-11-21(13-14-22)16-19-7-4-3-5-8-19/h3-5,7-10,15H,6,11-14,16H2,1-2H3. The molecule has 1 aliphatic heterocycles. The van der Waals surface area contributed by atoms with E-state index in [1.54, 1.807) is 16.4 Å². The molecule has 5 heteroatoms. The van der Waals surface area contributed by atoms with Gasteiger partial charge in [0.1, 0.15) is 0 Å². The molecule has 0 aliphatic carbocycles. The van der Waals surface area contributed by atoms with Gasteiger partial charge in [-0.2, -0.15) is 4.31 Å². The lowest BCUT2D eigenvalue weighted by atomic mass is 10.1. The molecule has 2 aromatic carbocycles. The number of hydrogen-bond donors (Lipinski definition) is 0. The maximum absolute atomic E-state index is 13.0. The molecular weight excluding hydrogens is 332 g/mol. The van der Waals surface area contributed by atoms with Gasteiger partial charge in [0, 0.05) is 26.2 Å². The molecule has 0 amide bonds. The first kappa shape index (κ1) is 18.1. The summed E-state index contributed by atoms with van der Waals surface area (Å²) < 4.78 is 27.6. The van der Waals surface area contributed by atoms with Crippen LogP contribution in [0, 0.1) is 13.8 Å². The third-order valence-corrected chi connectivity index (χ3v) is 6.81. The Hall–Kier alpha value is -1.69. The van der Waals surface area contributed by atoms with Gasteiger partial charge in [0.25, 0.3) is 0 Å². The van der Waals surface area contributed by atoms with E-state index in [0.717, 1.165) is 37.2 Å². The summed E-state index contributed by atoms with van der Waals surface area (Å²) in [5, 5.41) is 0. The maximum atomic E-state index is 13.0. The van der Waals surface area contributed by atoms with Crippen LogP contribution in [-0.2, 0) is 16.6 Å². The van der Waals surface area contributed by atoms with Crippen molar-refractivity contribution in [1.29, 1.82) is 0 Å². The van der Waals surface area contributed by atoms with Crippen LogP contribution in [0.5, 0.6) is 0 Å². The summed E-state index contributed by atoms with van der Waals surface area (Å²) >= 11 is 0. The molecule has 0 atom stereocenters. The number of aryl methyl sites for hydroxylation is 2. The second kappa shape index (κ2) is 7.68. The quantitative estimate of drug-likeness (QED) is 0.843. The first-order chi connectivity index (χ1) is 12.0. The number of sulfonamides is 1. The highest BCUT2D eigenvalue weighted by molar-refractivity contribution is 7.89. The van der Waals surface area contributed by atoms with E-state index >= 15 is 0 Å². The Kier molecular flexibility index (Phi) is 5.57. The number of nitrogens with zero attached hydrogens (tertiary/aromatic N) is 2. The zero-order valence-corrected chi connectivity index (χ0v) is 15.8. The van der Waals surface area contributed by atoms with Crippen LogP contribution in [0.2, 0.25) is 0 Å². The lowest BCUT2D eigenvalue weighted by Crippen LogP contribution is -2.35. The molecule has 0 bridgehead atoms. The zero-order chi connectivity index (χ0) is 17.9. The molecule has 0 radical (unpaired) electrons. The smallest absolute Gasteiger partial charge is 0.243 e. The van der Waals surface area contributed by atoms with E-state index < -0.39 is 10.0 Å². The van der Waals surface area contributed by atoms with Gasteiger partial charge in [-0.15, -0.1) is 0 Å². The van der Waals surface area contributed by atoms with E-state index in [1.807, 2.05) is 38.1 Å². The van der Waals surface area contributed by atoms with Crippen molar-refractivity contribution in [3.8, 4) is 0 Å². The average molecular weight is 359 g/mol. The SMILES string of the molecule is Cc1ccc(S(=O)(=O)N2CCCN(Cc3ccccc3)CC2)cc1C. The van der Waals surface area contributed by atoms with Gasteiger partial charge in [-0.3, -0.25) is 4.90 Å². The molecule has 0 saturated carbocycles. The summed E-state index contributed by atoms with van der Waals surface area (Å²) in [5.41, 5.74) is 3.40. The van der Waals surface area contributed by atoms with Crippen molar-refractivity contribution < 1.29 is 8.42 Å². The van der Waals surface area contributed by atoms with E-state index in [9.17, 15) is 8.42 Å². The van der Waals surface area contributed by atoms with Crippen molar-refractivity contribution >= 4 is 10.0 Å². The molecule has 0 N–H and O–H groups in total. The molecule has 3 rings (SSSR count). The van der Waals surface area contributed by atoms with Gasteiger partial charge in [0.05, 0.1) is 4.90 Å². The minimum absolute atomic E-state index is 0.409. The van der Waals surface area contributed by atoms with Gasteiger partial charge in [-0.1, -0.05) is 36.4 Å². The predicted octanol–water partition coefficient (Wildman–Crippen LogP) is 3.20. The van der Waals surface area contributed by atoms with Gasteiger partial charge < -0.3 is 0 Å². The van der Waals surface area contributed by atoms with E-state index in [1.165, 1.54) is 5.56 Å². The Bertz CT molecular complexity index is 819. The summed E-state index contributed by atoms with van der Waals surface area (Å²) in [6.07, 6.45) is 0.858. The normalized spacial score (nSPS) is 17.4. The summed E-state index contributed by atoms with van der Waals surface area (Å²) in [6.45, 7) is 7.64.